The Morgan fingerprint density at radius 3 is 2.69 bits per heavy atom. The molecule has 4 heteroatoms. The predicted octanol–water partition coefficient (Wildman–Crippen LogP) is 3.27. The van der Waals surface area contributed by atoms with Gasteiger partial charge >= 0.3 is 6.09 Å². The summed E-state index contributed by atoms with van der Waals surface area (Å²) >= 11 is 4.06. The molecular weight excluding hydrogens is 222 g/mol. The van der Waals surface area contributed by atoms with Gasteiger partial charge in [0.1, 0.15) is 6.61 Å². The molecule has 0 N–H and O–H groups in total. The third-order valence-corrected chi connectivity index (χ3v) is 2.50. The van der Waals surface area contributed by atoms with E-state index in [0.717, 1.165) is 18.4 Å². The zero-order valence-corrected chi connectivity index (χ0v) is 10.3. The quantitative estimate of drug-likeness (QED) is 0.799. The molecule has 0 heterocycles. The minimum absolute atomic E-state index is 0.295. The van der Waals surface area contributed by atoms with Crippen LogP contribution in [0.3, 0.4) is 0 Å². The second-order valence-corrected chi connectivity index (χ2v) is 4.00. The number of unbranched alkanes of at least 4 members (excludes halogenated alkanes) is 1. The molecule has 0 bridgehead atoms. The third-order valence-electron chi connectivity index (χ3n) is 2.14. The first-order valence-electron chi connectivity index (χ1n) is 5.41. The highest BCUT2D eigenvalue weighted by Crippen LogP contribution is 2.05. The first-order valence-corrected chi connectivity index (χ1v) is 5.81. The van der Waals surface area contributed by atoms with E-state index in [9.17, 15) is 4.79 Å². The van der Waals surface area contributed by atoms with Gasteiger partial charge < -0.3 is 4.74 Å². The first kappa shape index (κ1) is 12.9. The molecule has 0 fully saturated rings. The van der Waals surface area contributed by atoms with Crippen molar-refractivity contribution in [1.82, 2.24) is 4.31 Å². The molecule has 0 atom stereocenters. The van der Waals surface area contributed by atoms with Crippen LogP contribution in [0.2, 0.25) is 0 Å². The van der Waals surface area contributed by atoms with E-state index >= 15 is 0 Å². The zero-order chi connectivity index (χ0) is 11.8. The minimum atomic E-state index is -0.388. The lowest BCUT2D eigenvalue weighted by Crippen LogP contribution is -2.23. The number of carbonyl (C=O) groups is 1. The summed E-state index contributed by atoms with van der Waals surface area (Å²) in [6.07, 6.45) is 1.58. The van der Waals surface area contributed by atoms with Gasteiger partial charge in [-0.05, 0) is 12.0 Å². The Morgan fingerprint density at radius 2 is 2.06 bits per heavy atom. The smallest absolute Gasteiger partial charge is 0.419 e. The number of amides is 1. The van der Waals surface area contributed by atoms with Crippen molar-refractivity contribution in [2.24, 2.45) is 0 Å². The Kier molecular flexibility index (Phi) is 5.78. The normalized spacial score (nSPS) is 9.88. The van der Waals surface area contributed by atoms with E-state index in [1.807, 2.05) is 30.3 Å². The van der Waals surface area contributed by atoms with Crippen LogP contribution in [0.1, 0.15) is 25.3 Å². The van der Waals surface area contributed by atoms with Crippen molar-refractivity contribution in [3.8, 4) is 0 Å². The van der Waals surface area contributed by atoms with E-state index in [-0.39, 0.29) is 6.09 Å². The van der Waals surface area contributed by atoms with Gasteiger partial charge in [0.05, 0.1) is 0 Å². The molecule has 0 aliphatic heterocycles. The largest absolute Gasteiger partial charge is 0.444 e. The van der Waals surface area contributed by atoms with E-state index in [2.05, 4.69) is 19.7 Å². The van der Waals surface area contributed by atoms with Crippen LogP contribution < -0.4 is 0 Å². The summed E-state index contributed by atoms with van der Waals surface area (Å²) in [5.74, 6) is 0. The first-order chi connectivity index (χ1) is 7.74. The van der Waals surface area contributed by atoms with E-state index in [0.29, 0.717) is 13.2 Å². The van der Waals surface area contributed by atoms with Gasteiger partial charge in [-0.15, -0.1) is 0 Å². The van der Waals surface area contributed by atoms with Gasteiger partial charge in [-0.25, -0.2) is 4.79 Å². The lowest BCUT2D eigenvalue weighted by atomic mass is 10.2. The molecule has 0 radical (unpaired) electrons. The second kappa shape index (κ2) is 7.17. The van der Waals surface area contributed by atoms with Crippen LogP contribution in [0.25, 0.3) is 0 Å². The standard InChI is InChI=1S/C12H17NO2S/c1-2-3-9-13(16)12(14)15-10-11-7-5-4-6-8-11/h4-8,16H,2-3,9-10H2,1H3. The molecule has 88 valence electrons. The van der Waals surface area contributed by atoms with Crippen molar-refractivity contribution in [1.29, 1.82) is 0 Å². The number of carbonyl (C=O) groups excluding carboxylic acids is 1. The summed E-state index contributed by atoms with van der Waals surface area (Å²) in [4.78, 5) is 11.4. The molecular formula is C12H17NO2S. The number of benzene rings is 1. The second-order valence-electron chi connectivity index (χ2n) is 3.52. The number of ether oxygens (including phenoxy) is 1. The van der Waals surface area contributed by atoms with Crippen molar-refractivity contribution >= 4 is 18.9 Å². The Bertz CT molecular complexity index is 316. The van der Waals surface area contributed by atoms with Gasteiger partial charge in [0, 0.05) is 6.54 Å². The summed E-state index contributed by atoms with van der Waals surface area (Å²) in [5.41, 5.74) is 0.980. The Hall–Kier alpha value is -1.16. The van der Waals surface area contributed by atoms with E-state index in [4.69, 9.17) is 4.74 Å². The molecule has 16 heavy (non-hydrogen) atoms. The fourth-order valence-corrected chi connectivity index (χ4v) is 1.39. The SMILES string of the molecule is CCCCN(S)C(=O)OCc1ccccc1. The van der Waals surface area contributed by atoms with Gasteiger partial charge in [-0.1, -0.05) is 56.5 Å². The molecule has 0 spiro atoms. The molecule has 1 amide bonds. The number of thiol groups is 1. The lowest BCUT2D eigenvalue weighted by molar-refractivity contribution is 0.122. The van der Waals surface area contributed by atoms with Gasteiger partial charge in [-0.2, -0.15) is 0 Å². The van der Waals surface area contributed by atoms with Crippen molar-refractivity contribution in [3.63, 3.8) is 0 Å². The molecule has 3 nitrogen and oxygen atoms in total. The Labute approximate surface area is 102 Å². The van der Waals surface area contributed by atoms with Gasteiger partial charge in [0.2, 0.25) is 0 Å². The number of hydrogen-bond donors (Lipinski definition) is 1. The molecule has 0 saturated heterocycles. The predicted molar refractivity (Wildman–Crippen MR) is 67.2 cm³/mol. The molecule has 1 rings (SSSR count). The summed E-state index contributed by atoms with van der Waals surface area (Å²) < 4.78 is 6.41. The highest BCUT2D eigenvalue weighted by Gasteiger charge is 2.09. The van der Waals surface area contributed by atoms with Crippen LogP contribution in [0, 0.1) is 0 Å². The van der Waals surface area contributed by atoms with Gasteiger partial charge in [0.25, 0.3) is 0 Å². The Balaban J connectivity index is 2.29. The fourth-order valence-electron chi connectivity index (χ4n) is 1.19. The van der Waals surface area contributed by atoms with Crippen LogP contribution in [0.4, 0.5) is 4.79 Å². The monoisotopic (exact) mass is 239 g/mol. The van der Waals surface area contributed by atoms with E-state index < -0.39 is 0 Å². The number of rotatable bonds is 5. The molecule has 1 aromatic rings. The summed E-state index contributed by atoms with van der Waals surface area (Å²) in [6.45, 7) is 2.98. The maximum absolute atomic E-state index is 11.4. The van der Waals surface area contributed by atoms with Crippen molar-refractivity contribution < 1.29 is 9.53 Å². The zero-order valence-electron chi connectivity index (χ0n) is 9.43. The van der Waals surface area contributed by atoms with Crippen molar-refractivity contribution in [3.05, 3.63) is 35.9 Å². The van der Waals surface area contributed by atoms with E-state index in [1.54, 1.807) is 0 Å². The summed E-state index contributed by atoms with van der Waals surface area (Å²) in [6, 6.07) is 9.60. The van der Waals surface area contributed by atoms with Gasteiger partial charge in [0.15, 0.2) is 0 Å². The van der Waals surface area contributed by atoms with Gasteiger partial charge in [-0.3, -0.25) is 4.31 Å². The third kappa shape index (κ3) is 4.57. The van der Waals surface area contributed by atoms with Crippen molar-refractivity contribution in [2.45, 2.75) is 26.4 Å². The summed E-state index contributed by atoms with van der Waals surface area (Å²) in [7, 11) is 0. The Morgan fingerprint density at radius 1 is 1.38 bits per heavy atom. The molecule has 0 aromatic heterocycles. The summed E-state index contributed by atoms with van der Waals surface area (Å²) in [5, 5.41) is 0. The van der Waals surface area contributed by atoms with Crippen LogP contribution in [-0.4, -0.2) is 16.9 Å². The highest BCUT2D eigenvalue weighted by molar-refractivity contribution is 7.78. The van der Waals surface area contributed by atoms with Crippen LogP contribution in [-0.2, 0) is 11.3 Å². The fraction of sp³-hybridized carbons (Fsp3) is 0.417. The minimum Gasteiger partial charge on any atom is -0.444 e. The van der Waals surface area contributed by atoms with E-state index in [1.165, 1.54) is 4.31 Å². The molecule has 0 aliphatic rings. The van der Waals surface area contributed by atoms with Crippen molar-refractivity contribution in [2.75, 3.05) is 6.54 Å². The molecule has 0 aliphatic carbocycles. The number of nitrogens with zero attached hydrogens (tertiary/aromatic N) is 1. The average molecular weight is 239 g/mol. The lowest BCUT2D eigenvalue weighted by Gasteiger charge is -2.14. The topological polar surface area (TPSA) is 29.5 Å². The molecule has 0 unspecified atom stereocenters. The molecule has 0 saturated carbocycles. The van der Waals surface area contributed by atoms with Crippen LogP contribution >= 0.6 is 12.8 Å². The number of hydrogen-bond acceptors (Lipinski definition) is 3. The van der Waals surface area contributed by atoms with Crippen LogP contribution in [0.5, 0.6) is 0 Å². The maximum Gasteiger partial charge on any atom is 0.419 e. The average Bonchev–Trinajstić information content (AvgIpc) is 2.34. The maximum atomic E-state index is 11.4. The highest BCUT2D eigenvalue weighted by atomic mass is 32.1. The molecule has 1 aromatic carbocycles. The van der Waals surface area contributed by atoms with Crippen LogP contribution in [0.15, 0.2) is 30.3 Å².